The van der Waals surface area contributed by atoms with E-state index in [-0.39, 0.29) is 10.8 Å². The molecular weight excluding hydrogens is 294 g/mol. The predicted octanol–water partition coefficient (Wildman–Crippen LogP) is 2.71. The molecule has 1 aromatic carbocycles. The zero-order chi connectivity index (χ0) is 14.6. The standard InChI is InChI=1S/C14H17NO3S2/c1-2-13(16)11-15(12-7-4-3-5-8-12)20(17,18)14-9-6-10-19-14/h3-10,13,16H,2,11H2,1H3/t13-/m1/s1. The van der Waals surface area contributed by atoms with E-state index in [1.165, 1.54) is 15.6 Å². The van der Waals surface area contributed by atoms with E-state index in [1.54, 1.807) is 41.8 Å². The molecular formula is C14H17NO3S2. The summed E-state index contributed by atoms with van der Waals surface area (Å²) in [5.41, 5.74) is 0.563. The van der Waals surface area contributed by atoms with E-state index < -0.39 is 16.1 Å². The molecule has 0 spiro atoms. The van der Waals surface area contributed by atoms with Crippen LogP contribution in [0.2, 0.25) is 0 Å². The maximum absolute atomic E-state index is 12.7. The molecule has 1 heterocycles. The Morgan fingerprint density at radius 1 is 1.20 bits per heavy atom. The number of hydrogen-bond acceptors (Lipinski definition) is 4. The van der Waals surface area contributed by atoms with Crippen LogP contribution < -0.4 is 4.31 Å². The van der Waals surface area contributed by atoms with Gasteiger partial charge in [-0.05, 0) is 30.0 Å². The summed E-state index contributed by atoms with van der Waals surface area (Å²) in [4.78, 5) is 0. The van der Waals surface area contributed by atoms with Crippen molar-refractivity contribution in [1.29, 1.82) is 0 Å². The summed E-state index contributed by atoms with van der Waals surface area (Å²) < 4.78 is 26.9. The van der Waals surface area contributed by atoms with Crippen LogP contribution in [0.5, 0.6) is 0 Å². The fraction of sp³-hybridized carbons (Fsp3) is 0.286. The fourth-order valence-electron chi connectivity index (χ4n) is 1.78. The molecule has 1 aromatic heterocycles. The van der Waals surface area contributed by atoms with Crippen molar-refractivity contribution >= 4 is 27.0 Å². The molecule has 0 amide bonds. The molecule has 0 saturated carbocycles. The number of benzene rings is 1. The normalized spacial score (nSPS) is 13.1. The van der Waals surface area contributed by atoms with E-state index in [4.69, 9.17) is 0 Å². The van der Waals surface area contributed by atoms with Gasteiger partial charge < -0.3 is 5.11 Å². The first-order chi connectivity index (χ1) is 9.55. The lowest BCUT2D eigenvalue weighted by Crippen LogP contribution is -2.37. The van der Waals surface area contributed by atoms with Crippen molar-refractivity contribution in [3.05, 3.63) is 47.8 Å². The van der Waals surface area contributed by atoms with Crippen LogP contribution >= 0.6 is 11.3 Å². The molecule has 0 unspecified atom stereocenters. The minimum atomic E-state index is -3.62. The lowest BCUT2D eigenvalue weighted by atomic mass is 10.2. The number of anilines is 1. The van der Waals surface area contributed by atoms with Crippen LogP contribution in [-0.2, 0) is 10.0 Å². The van der Waals surface area contributed by atoms with Gasteiger partial charge in [-0.2, -0.15) is 0 Å². The van der Waals surface area contributed by atoms with Gasteiger partial charge in [0.25, 0.3) is 10.0 Å². The minimum Gasteiger partial charge on any atom is -0.391 e. The molecule has 0 aliphatic heterocycles. The second-order valence-corrected chi connectivity index (χ2v) is 7.40. The number of aliphatic hydroxyl groups is 1. The summed E-state index contributed by atoms with van der Waals surface area (Å²) in [6.45, 7) is 1.88. The zero-order valence-electron chi connectivity index (χ0n) is 11.1. The van der Waals surface area contributed by atoms with E-state index in [1.807, 2.05) is 13.0 Å². The molecule has 4 nitrogen and oxygen atoms in total. The minimum absolute atomic E-state index is 0.0563. The molecule has 0 fully saturated rings. The van der Waals surface area contributed by atoms with Gasteiger partial charge in [-0.3, -0.25) is 4.31 Å². The van der Waals surface area contributed by atoms with Crippen LogP contribution in [0.1, 0.15) is 13.3 Å². The second kappa shape index (κ2) is 6.39. The highest BCUT2D eigenvalue weighted by atomic mass is 32.2. The summed E-state index contributed by atoms with van der Waals surface area (Å²) in [5, 5.41) is 11.6. The van der Waals surface area contributed by atoms with Gasteiger partial charge in [0.1, 0.15) is 4.21 Å². The molecule has 0 radical (unpaired) electrons. The monoisotopic (exact) mass is 311 g/mol. The molecule has 1 N–H and O–H groups in total. The zero-order valence-corrected chi connectivity index (χ0v) is 12.8. The largest absolute Gasteiger partial charge is 0.391 e. The number of hydrogen-bond donors (Lipinski definition) is 1. The summed E-state index contributed by atoms with van der Waals surface area (Å²) in [6.07, 6.45) is -0.187. The van der Waals surface area contributed by atoms with E-state index in [0.29, 0.717) is 12.1 Å². The van der Waals surface area contributed by atoms with Gasteiger partial charge in [0.15, 0.2) is 0 Å². The van der Waals surface area contributed by atoms with Crippen molar-refractivity contribution < 1.29 is 13.5 Å². The Bertz CT molecular complexity index is 624. The van der Waals surface area contributed by atoms with Crippen LogP contribution in [0.25, 0.3) is 0 Å². The number of sulfonamides is 1. The highest BCUT2D eigenvalue weighted by Crippen LogP contribution is 2.26. The first-order valence-electron chi connectivity index (χ1n) is 6.35. The van der Waals surface area contributed by atoms with Crippen molar-refractivity contribution in [3.8, 4) is 0 Å². The van der Waals surface area contributed by atoms with Crippen molar-refractivity contribution in [2.45, 2.75) is 23.7 Å². The Labute approximate surface area is 123 Å². The third-order valence-electron chi connectivity index (χ3n) is 2.93. The van der Waals surface area contributed by atoms with Crippen LogP contribution in [0, 0.1) is 0 Å². The number of thiophene rings is 1. The number of rotatable bonds is 6. The first-order valence-corrected chi connectivity index (χ1v) is 8.67. The lowest BCUT2D eigenvalue weighted by molar-refractivity contribution is 0.179. The Morgan fingerprint density at radius 3 is 2.45 bits per heavy atom. The fourth-order valence-corrected chi connectivity index (χ4v) is 4.38. The average molecular weight is 311 g/mol. The molecule has 0 aliphatic rings. The summed E-state index contributed by atoms with van der Waals surface area (Å²) in [5.74, 6) is 0. The van der Waals surface area contributed by atoms with Gasteiger partial charge >= 0.3 is 0 Å². The van der Waals surface area contributed by atoms with Gasteiger partial charge in [0, 0.05) is 0 Å². The molecule has 1 atom stereocenters. The van der Waals surface area contributed by atoms with Crippen molar-refractivity contribution in [1.82, 2.24) is 0 Å². The van der Waals surface area contributed by atoms with Crippen molar-refractivity contribution in [2.24, 2.45) is 0 Å². The second-order valence-electron chi connectivity index (χ2n) is 4.37. The van der Waals surface area contributed by atoms with Crippen LogP contribution in [0.15, 0.2) is 52.1 Å². The maximum Gasteiger partial charge on any atom is 0.273 e. The number of aliphatic hydroxyl groups excluding tert-OH is 1. The molecule has 6 heteroatoms. The van der Waals surface area contributed by atoms with Crippen molar-refractivity contribution in [2.75, 3.05) is 10.8 Å². The topological polar surface area (TPSA) is 57.6 Å². The highest BCUT2D eigenvalue weighted by Gasteiger charge is 2.27. The van der Waals surface area contributed by atoms with E-state index in [2.05, 4.69) is 0 Å². The van der Waals surface area contributed by atoms with Gasteiger partial charge in [0.2, 0.25) is 0 Å². The van der Waals surface area contributed by atoms with Crippen LogP contribution in [0.3, 0.4) is 0 Å². The third-order valence-corrected chi connectivity index (χ3v) is 6.10. The average Bonchev–Trinajstić information content (AvgIpc) is 3.00. The first kappa shape index (κ1) is 15.0. The highest BCUT2D eigenvalue weighted by molar-refractivity contribution is 7.94. The SMILES string of the molecule is CC[C@@H](O)CN(c1ccccc1)S(=O)(=O)c1cccs1. The summed E-state index contributed by atoms with van der Waals surface area (Å²) in [6, 6.07) is 12.1. The van der Waals surface area contributed by atoms with E-state index in [9.17, 15) is 13.5 Å². The Morgan fingerprint density at radius 2 is 1.90 bits per heavy atom. The quantitative estimate of drug-likeness (QED) is 0.892. The van der Waals surface area contributed by atoms with Gasteiger partial charge in [0.05, 0.1) is 18.3 Å². The molecule has 0 aliphatic carbocycles. The molecule has 108 valence electrons. The molecule has 2 aromatic rings. The van der Waals surface area contributed by atoms with Gasteiger partial charge in [-0.25, -0.2) is 8.42 Å². The lowest BCUT2D eigenvalue weighted by Gasteiger charge is -2.25. The number of para-hydroxylation sites is 1. The van der Waals surface area contributed by atoms with E-state index in [0.717, 1.165) is 0 Å². The molecule has 0 saturated heterocycles. The summed E-state index contributed by atoms with van der Waals surface area (Å²) in [7, 11) is -3.62. The predicted molar refractivity (Wildman–Crippen MR) is 81.6 cm³/mol. The van der Waals surface area contributed by atoms with Gasteiger partial charge in [-0.1, -0.05) is 31.2 Å². The molecule has 0 bridgehead atoms. The van der Waals surface area contributed by atoms with Gasteiger partial charge in [-0.15, -0.1) is 11.3 Å². The Hall–Kier alpha value is -1.37. The maximum atomic E-state index is 12.7. The molecule has 20 heavy (non-hydrogen) atoms. The summed E-state index contributed by atoms with van der Waals surface area (Å²) >= 11 is 1.18. The number of nitrogens with zero attached hydrogens (tertiary/aromatic N) is 1. The van der Waals surface area contributed by atoms with E-state index >= 15 is 0 Å². The van der Waals surface area contributed by atoms with Crippen LogP contribution in [0.4, 0.5) is 5.69 Å². The van der Waals surface area contributed by atoms with Crippen LogP contribution in [-0.4, -0.2) is 26.2 Å². The van der Waals surface area contributed by atoms with Crippen molar-refractivity contribution in [3.63, 3.8) is 0 Å². The third kappa shape index (κ3) is 3.20. The Balaban J connectivity index is 2.42. The smallest absolute Gasteiger partial charge is 0.273 e. The Kier molecular flexibility index (Phi) is 4.80. The molecule has 2 rings (SSSR count).